The van der Waals surface area contributed by atoms with Crippen LogP contribution in [0.1, 0.15) is 36.6 Å². The molecule has 0 spiro atoms. The first-order chi connectivity index (χ1) is 18.5. The van der Waals surface area contributed by atoms with Crippen LogP contribution in [0.15, 0.2) is 129 Å². The van der Waals surface area contributed by atoms with Crippen LogP contribution in [0.3, 0.4) is 0 Å². The van der Waals surface area contributed by atoms with Crippen LogP contribution < -0.4 is 10.2 Å². The number of ether oxygens (including phenoxy) is 1. The van der Waals surface area contributed by atoms with Crippen molar-refractivity contribution in [1.29, 1.82) is 0 Å². The molecule has 4 aromatic rings. The molecule has 2 atom stereocenters. The quantitative estimate of drug-likeness (QED) is 0.207. The first-order valence-corrected chi connectivity index (χ1v) is 14.2. The number of carbonyl (C=O) groups is 1. The molecule has 192 valence electrons. The molecule has 1 N–H and O–H groups in total. The lowest BCUT2D eigenvalue weighted by atomic mass is 9.84. The summed E-state index contributed by atoms with van der Waals surface area (Å²) < 4.78 is 7.70. The molecule has 2 unspecified atom stereocenters. The van der Waals surface area contributed by atoms with Gasteiger partial charge in [0.1, 0.15) is 0 Å². The summed E-state index contributed by atoms with van der Waals surface area (Å²) in [5.74, 6) is -0.311. The number of benzene rings is 4. The van der Waals surface area contributed by atoms with Crippen molar-refractivity contribution in [1.82, 2.24) is 0 Å². The van der Waals surface area contributed by atoms with Gasteiger partial charge in [0.25, 0.3) is 0 Å². The maximum atomic E-state index is 13.8. The number of nitrogens with one attached hydrogen (secondary N) is 1. The molecule has 0 saturated carbocycles. The predicted octanol–water partition coefficient (Wildman–Crippen LogP) is 8.83. The Bertz CT molecular complexity index is 1410. The van der Waals surface area contributed by atoms with Gasteiger partial charge < -0.3 is 15.0 Å². The lowest BCUT2D eigenvalue weighted by molar-refractivity contribution is -0.139. The molecular formula is C32H28Br2N2O2. The van der Waals surface area contributed by atoms with Crippen LogP contribution in [0.2, 0.25) is 0 Å². The molecule has 0 fully saturated rings. The molecular weight excluding hydrogens is 604 g/mol. The molecule has 0 radical (unpaired) electrons. The van der Waals surface area contributed by atoms with Gasteiger partial charge in [-0.25, -0.2) is 4.79 Å². The number of esters is 1. The summed E-state index contributed by atoms with van der Waals surface area (Å²) in [5, 5.41) is 3.60. The Morgan fingerprint density at radius 1 is 0.816 bits per heavy atom. The normalized spacial score (nSPS) is 17.3. The Morgan fingerprint density at radius 2 is 1.37 bits per heavy atom. The topological polar surface area (TPSA) is 41.6 Å². The van der Waals surface area contributed by atoms with Crippen LogP contribution in [-0.2, 0) is 9.53 Å². The van der Waals surface area contributed by atoms with E-state index in [9.17, 15) is 4.79 Å². The third-order valence-electron chi connectivity index (χ3n) is 6.67. The van der Waals surface area contributed by atoms with E-state index in [0.29, 0.717) is 18.6 Å². The second kappa shape index (κ2) is 12.0. The van der Waals surface area contributed by atoms with Crippen LogP contribution in [0.5, 0.6) is 0 Å². The highest BCUT2D eigenvalue weighted by molar-refractivity contribution is 9.10. The molecule has 1 aliphatic heterocycles. The molecule has 6 heteroatoms. The fraction of sp³-hybridized carbons (Fsp3) is 0.156. The van der Waals surface area contributed by atoms with Crippen LogP contribution >= 0.6 is 31.9 Å². The second-order valence-corrected chi connectivity index (χ2v) is 10.9. The SMILES string of the molecule is CCOC(=O)C1=C(Nc2ccccc2)CC(c2ccc(Br)cc2)N(c2ccccc2)C1c1ccc(Br)cc1. The van der Waals surface area contributed by atoms with Gasteiger partial charge in [0.2, 0.25) is 0 Å². The zero-order chi connectivity index (χ0) is 26.5. The van der Waals surface area contributed by atoms with Crippen molar-refractivity contribution in [2.24, 2.45) is 0 Å². The minimum atomic E-state index is -0.377. The highest BCUT2D eigenvalue weighted by atomic mass is 79.9. The number of anilines is 2. The highest BCUT2D eigenvalue weighted by Gasteiger charge is 2.41. The van der Waals surface area contributed by atoms with Gasteiger partial charge in [-0.15, -0.1) is 0 Å². The standard InChI is InChI=1S/C32H28Br2N2O2/c1-2-38-32(37)30-28(35-26-9-5-3-6-10-26)21-29(22-13-17-24(33)18-14-22)36(27-11-7-4-8-12-27)31(30)23-15-19-25(34)20-16-23/h3-20,29,31,35H,2,21H2,1H3. The van der Waals surface area contributed by atoms with Crippen molar-refractivity contribution < 1.29 is 9.53 Å². The van der Waals surface area contributed by atoms with E-state index in [2.05, 4.69) is 90.6 Å². The zero-order valence-corrected chi connectivity index (χ0v) is 24.2. The first-order valence-electron chi connectivity index (χ1n) is 12.6. The molecule has 38 heavy (non-hydrogen) atoms. The number of para-hydroxylation sites is 2. The van der Waals surface area contributed by atoms with E-state index in [0.717, 1.165) is 37.1 Å². The molecule has 1 aliphatic rings. The average Bonchev–Trinajstić information content (AvgIpc) is 2.94. The minimum Gasteiger partial charge on any atom is -0.463 e. The number of hydrogen-bond donors (Lipinski definition) is 1. The van der Waals surface area contributed by atoms with Gasteiger partial charge in [-0.1, -0.05) is 92.5 Å². The van der Waals surface area contributed by atoms with Crippen molar-refractivity contribution >= 4 is 49.2 Å². The Kier molecular flexibility index (Phi) is 8.30. The Morgan fingerprint density at radius 3 is 1.95 bits per heavy atom. The fourth-order valence-corrected chi connectivity index (χ4v) is 5.54. The maximum absolute atomic E-state index is 13.8. The van der Waals surface area contributed by atoms with Crippen LogP contribution in [0, 0.1) is 0 Å². The lowest BCUT2D eigenvalue weighted by Crippen LogP contribution is -2.41. The third-order valence-corrected chi connectivity index (χ3v) is 7.73. The van der Waals surface area contributed by atoms with Gasteiger partial charge in [-0.3, -0.25) is 0 Å². The van der Waals surface area contributed by atoms with E-state index in [4.69, 9.17) is 4.74 Å². The summed E-state index contributed by atoms with van der Waals surface area (Å²) in [7, 11) is 0. The van der Waals surface area contributed by atoms with Crippen molar-refractivity contribution in [2.75, 3.05) is 16.8 Å². The summed E-state index contributed by atoms with van der Waals surface area (Å²) in [4.78, 5) is 16.1. The summed E-state index contributed by atoms with van der Waals surface area (Å²) in [6.45, 7) is 2.15. The largest absolute Gasteiger partial charge is 0.463 e. The van der Waals surface area contributed by atoms with Crippen LogP contribution in [0.25, 0.3) is 0 Å². The van der Waals surface area contributed by atoms with Gasteiger partial charge in [-0.2, -0.15) is 0 Å². The number of nitrogens with zero attached hydrogens (tertiary/aromatic N) is 1. The van der Waals surface area contributed by atoms with Crippen LogP contribution in [0.4, 0.5) is 11.4 Å². The molecule has 0 bridgehead atoms. The number of rotatable bonds is 7. The van der Waals surface area contributed by atoms with E-state index in [1.165, 1.54) is 0 Å². The van der Waals surface area contributed by atoms with E-state index in [-0.39, 0.29) is 18.1 Å². The summed E-state index contributed by atoms with van der Waals surface area (Å²) in [6.07, 6.45) is 0.604. The summed E-state index contributed by atoms with van der Waals surface area (Å²) >= 11 is 7.16. The van der Waals surface area contributed by atoms with Crippen molar-refractivity contribution in [2.45, 2.75) is 25.4 Å². The van der Waals surface area contributed by atoms with Gasteiger partial charge in [0, 0.05) is 32.4 Å². The molecule has 0 aromatic heterocycles. The Labute approximate surface area is 240 Å². The summed E-state index contributed by atoms with van der Waals surface area (Å²) in [6, 6.07) is 36.5. The molecule has 0 aliphatic carbocycles. The molecule has 4 aromatic carbocycles. The smallest absolute Gasteiger partial charge is 0.338 e. The predicted molar refractivity (Wildman–Crippen MR) is 161 cm³/mol. The first kappa shape index (κ1) is 26.3. The monoisotopic (exact) mass is 630 g/mol. The average molecular weight is 632 g/mol. The minimum absolute atomic E-state index is 0.0384. The third kappa shape index (κ3) is 5.71. The molecule has 4 nitrogen and oxygen atoms in total. The number of hydrogen-bond acceptors (Lipinski definition) is 4. The molecule has 0 amide bonds. The summed E-state index contributed by atoms with van der Waals surface area (Å²) in [5.41, 5.74) is 5.62. The van der Waals surface area contributed by atoms with E-state index >= 15 is 0 Å². The van der Waals surface area contributed by atoms with Gasteiger partial charge in [0.15, 0.2) is 0 Å². The van der Waals surface area contributed by atoms with E-state index in [1.54, 1.807) is 0 Å². The Balaban J connectivity index is 1.77. The molecule has 5 rings (SSSR count). The highest BCUT2D eigenvalue weighted by Crippen LogP contribution is 2.48. The van der Waals surface area contributed by atoms with Crippen molar-refractivity contribution in [3.05, 3.63) is 141 Å². The second-order valence-electron chi connectivity index (χ2n) is 9.07. The number of halogens is 2. The van der Waals surface area contributed by atoms with E-state index in [1.807, 2.05) is 67.6 Å². The van der Waals surface area contributed by atoms with Gasteiger partial charge >= 0.3 is 5.97 Å². The molecule has 1 heterocycles. The zero-order valence-electron chi connectivity index (χ0n) is 21.0. The number of carbonyl (C=O) groups excluding carboxylic acids is 1. The van der Waals surface area contributed by atoms with Crippen molar-refractivity contribution in [3.8, 4) is 0 Å². The van der Waals surface area contributed by atoms with E-state index < -0.39 is 0 Å². The maximum Gasteiger partial charge on any atom is 0.338 e. The van der Waals surface area contributed by atoms with Gasteiger partial charge in [-0.05, 0) is 66.6 Å². The molecule has 0 saturated heterocycles. The fourth-order valence-electron chi connectivity index (χ4n) is 5.01. The van der Waals surface area contributed by atoms with Gasteiger partial charge in [0.05, 0.1) is 24.3 Å². The van der Waals surface area contributed by atoms with Crippen LogP contribution in [-0.4, -0.2) is 12.6 Å². The van der Waals surface area contributed by atoms with Crippen molar-refractivity contribution in [3.63, 3.8) is 0 Å². The Hall–Kier alpha value is -3.35. The lowest BCUT2D eigenvalue weighted by Gasteiger charge is -2.46.